The summed E-state index contributed by atoms with van der Waals surface area (Å²) in [5.74, 6) is 0.770. The van der Waals surface area contributed by atoms with Crippen LogP contribution in [0.5, 0.6) is 0 Å². The average molecular weight is 474 g/mol. The van der Waals surface area contributed by atoms with Gasteiger partial charge in [0.1, 0.15) is 5.82 Å². The van der Waals surface area contributed by atoms with Crippen molar-refractivity contribution >= 4 is 11.8 Å². The number of carbonyl (C=O) groups excluding carboxylic acids is 2. The number of hydrogen-bond donors (Lipinski definition) is 0. The lowest BCUT2D eigenvalue weighted by atomic mass is 9.96. The van der Waals surface area contributed by atoms with Crippen molar-refractivity contribution in [3.63, 3.8) is 0 Å². The fraction of sp³-hybridized carbons (Fsp3) is 0.407. The van der Waals surface area contributed by atoms with E-state index in [1.54, 1.807) is 28.9 Å². The monoisotopic (exact) mass is 473 g/mol. The summed E-state index contributed by atoms with van der Waals surface area (Å²) in [4.78, 5) is 41.8. The Morgan fingerprint density at radius 2 is 1.49 bits per heavy atom. The molecule has 182 valence electrons. The Kier molecular flexibility index (Phi) is 6.63. The minimum atomic E-state index is -0.187. The minimum absolute atomic E-state index is 0.0465. The molecule has 0 spiro atoms. The summed E-state index contributed by atoms with van der Waals surface area (Å²) in [5.41, 5.74) is 2.03. The van der Waals surface area contributed by atoms with Crippen molar-refractivity contribution in [2.45, 2.75) is 45.2 Å². The van der Waals surface area contributed by atoms with Crippen molar-refractivity contribution in [2.75, 3.05) is 26.2 Å². The van der Waals surface area contributed by atoms with Crippen LogP contribution in [0.1, 0.15) is 64.2 Å². The SMILES string of the molecule is CCn1c(C2CCN(CCCN3C(=O)c4ccccc4C3=O)CC2)nn(Cc2ccccc2)c1=O. The minimum Gasteiger partial charge on any atom is -0.303 e. The smallest absolute Gasteiger partial charge is 0.303 e. The number of likely N-dealkylation sites (tertiary alicyclic amines) is 1. The summed E-state index contributed by atoms with van der Waals surface area (Å²) >= 11 is 0. The van der Waals surface area contributed by atoms with Gasteiger partial charge >= 0.3 is 5.69 Å². The number of benzene rings is 2. The number of imide groups is 1. The molecule has 2 aliphatic rings. The van der Waals surface area contributed by atoms with E-state index in [0.717, 1.165) is 50.3 Å². The summed E-state index contributed by atoms with van der Waals surface area (Å²) in [7, 11) is 0. The van der Waals surface area contributed by atoms with E-state index in [4.69, 9.17) is 5.10 Å². The summed E-state index contributed by atoms with van der Waals surface area (Å²) in [5, 5.41) is 4.74. The van der Waals surface area contributed by atoms with Gasteiger partial charge < -0.3 is 4.90 Å². The van der Waals surface area contributed by atoms with E-state index < -0.39 is 0 Å². The molecule has 3 aromatic rings. The lowest BCUT2D eigenvalue weighted by Gasteiger charge is -2.31. The molecule has 8 heteroatoms. The number of nitrogens with zero attached hydrogens (tertiary/aromatic N) is 5. The number of fused-ring (bicyclic) bond motifs is 1. The number of aromatic nitrogens is 3. The molecule has 1 fully saturated rings. The second kappa shape index (κ2) is 10.00. The maximum atomic E-state index is 12.9. The van der Waals surface area contributed by atoms with Crippen molar-refractivity contribution in [2.24, 2.45) is 0 Å². The van der Waals surface area contributed by atoms with Crippen molar-refractivity contribution in [1.29, 1.82) is 0 Å². The van der Waals surface area contributed by atoms with Gasteiger partial charge in [-0.3, -0.25) is 19.1 Å². The van der Waals surface area contributed by atoms with Crippen LogP contribution in [0.15, 0.2) is 59.4 Å². The maximum absolute atomic E-state index is 12.9. The van der Waals surface area contributed by atoms with Crippen LogP contribution in [0.25, 0.3) is 0 Å². The molecule has 5 rings (SSSR count). The molecule has 0 saturated carbocycles. The van der Waals surface area contributed by atoms with Crippen LogP contribution >= 0.6 is 0 Å². The lowest BCUT2D eigenvalue weighted by Crippen LogP contribution is -2.37. The van der Waals surface area contributed by atoms with Crippen LogP contribution < -0.4 is 5.69 Å². The molecule has 3 heterocycles. The van der Waals surface area contributed by atoms with E-state index in [1.807, 2.05) is 41.8 Å². The standard InChI is InChI=1S/C27H31N5O3/c1-2-30-24(28-32(27(30)35)19-20-9-4-3-5-10-20)21-13-17-29(18-14-21)15-8-16-31-25(33)22-11-6-7-12-23(22)26(31)34/h3-7,9-12,21H,2,8,13-19H2,1H3. The molecular formula is C27H31N5O3. The van der Waals surface area contributed by atoms with Gasteiger partial charge in [0.2, 0.25) is 0 Å². The van der Waals surface area contributed by atoms with E-state index >= 15 is 0 Å². The normalized spacial score (nSPS) is 16.8. The van der Waals surface area contributed by atoms with Crippen LogP contribution in [0.2, 0.25) is 0 Å². The first-order chi connectivity index (χ1) is 17.1. The summed E-state index contributed by atoms with van der Waals surface area (Å²) in [6.07, 6.45) is 2.63. The molecule has 0 unspecified atom stereocenters. The van der Waals surface area contributed by atoms with Crippen molar-refractivity contribution in [3.8, 4) is 0 Å². The van der Waals surface area contributed by atoms with Gasteiger partial charge in [0.15, 0.2) is 0 Å². The molecule has 0 N–H and O–H groups in total. The molecule has 1 saturated heterocycles. The largest absolute Gasteiger partial charge is 0.346 e. The number of amides is 2. The van der Waals surface area contributed by atoms with Gasteiger partial charge in [-0.15, -0.1) is 0 Å². The number of hydrogen-bond acceptors (Lipinski definition) is 5. The number of piperidine rings is 1. The van der Waals surface area contributed by atoms with Gasteiger partial charge in [-0.2, -0.15) is 5.10 Å². The molecule has 0 bridgehead atoms. The molecule has 0 aliphatic carbocycles. The Morgan fingerprint density at radius 3 is 2.11 bits per heavy atom. The highest BCUT2D eigenvalue weighted by molar-refractivity contribution is 6.21. The Labute approximate surface area is 204 Å². The topological polar surface area (TPSA) is 80.4 Å². The van der Waals surface area contributed by atoms with Gasteiger partial charge in [-0.25, -0.2) is 9.48 Å². The molecule has 35 heavy (non-hydrogen) atoms. The first-order valence-electron chi connectivity index (χ1n) is 12.5. The van der Waals surface area contributed by atoms with E-state index in [1.165, 1.54) is 4.90 Å². The Hall–Kier alpha value is -3.52. The summed E-state index contributed by atoms with van der Waals surface area (Å²) in [6.45, 7) is 6.19. The summed E-state index contributed by atoms with van der Waals surface area (Å²) < 4.78 is 3.40. The predicted octanol–water partition coefficient (Wildman–Crippen LogP) is 2.98. The highest BCUT2D eigenvalue weighted by Gasteiger charge is 2.34. The molecule has 8 nitrogen and oxygen atoms in total. The average Bonchev–Trinajstić information content (AvgIpc) is 3.33. The first kappa shape index (κ1) is 23.2. The van der Waals surface area contributed by atoms with Gasteiger partial charge in [-0.05, 0) is 63.5 Å². The van der Waals surface area contributed by atoms with Crippen LogP contribution in [0.3, 0.4) is 0 Å². The zero-order valence-corrected chi connectivity index (χ0v) is 20.1. The third-order valence-electron chi connectivity index (χ3n) is 7.13. The Bertz CT molecular complexity index is 1240. The molecule has 0 radical (unpaired) electrons. The van der Waals surface area contributed by atoms with Gasteiger partial charge in [0.25, 0.3) is 11.8 Å². The highest BCUT2D eigenvalue weighted by atomic mass is 16.2. The fourth-order valence-corrected chi connectivity index (χ4v) is 5.23. The first-order valence-corrected chi connectivity index (χ1v) is 12.5. The molecular weight excluding hydrogens is 442 g/mol. The quantitative estimate of drug-likeness (QED) is 0.470. The van der Waals surface area contributed by atoms with Crippen LogP contribution in [0, 0.1) is 0 Å². The molecule has 0 atom stereocenters. The van der Waals surface area contributed by atoms with Crippen molar-refractivity contribution in [1.82, 2.24) is 24.1 Å². The molecule has 2 amide bonds. The van der Waals surface area contributed by atoms with E-state index in [-0.39, 0.29) is 23.4 Å². The second-order valence-corrected chi connectivity index (χ2v) is 9.31. The zero-order chi connectivity index (χ0) is 24.4. The van der Waals surface area contributed by atoms with Gasteiger partial charge in [0.05, 0.1) is 17.7 Å². The third kappa shape index (κ3) is 4.58. The van der Waals surface area contributed by atoms with Gasteiger partial charge in [0, 0.05) is 19.0 Å². The molecule has 2 aliphatic heterocycles. The second-order valence-electron chi connectivity index (χ2n) is 9.31. The number of rotatable bonds is 8. The van der Waals surface area contributed by atoms with E-state index in [9.17, 15) is 14.4 Å². The Balaban J connectivity index is 1.15. The highest BCUT2D eigenvalue weighted by Crippen LogP contribution is 2.27. The van der Waals surface area contributed by atoms with Crippen LogP contribution in [-0.2, 0) is 13.1 Å². The maximum Gasteiger partial charge on any atom is 0.346 e. The lowest BCUT2D eigenvalue weighted by molar-refractivity contribution is 0.0645. The third-order valence-corrected chi connectivity index (χ3v) is 7.13. The fourth-order valence-electron chi connectivity index (χ4n) is 5.23. The predicted molar refractivity (Wildman–Crippen MR) is 133 cm³/mol. The Morgan fingerprint density at radius 1 is 0.857 bits per heavy atom. The molecule has 1 aromatic heterocycles. The van der Waals surface area contributed by atoms with Crippen LogP contribution in [-0.4, -0.2) is 62.1 Å². The van der Waals surface area contributed by atoms with Gasteiger partial charge in [-0.1, -0.05) is 42.5 Å². The van der Waals surface area contributed by atoms with Crippen LogP contribution in [0.4, 0.5) is 0 Å². The van der Waals surface area contributed by atoms with E-state index in [2.05, 4.69) is 4.90 Å². The van der Waals surface area contributed by atoms with Crippen molar-refractivity contribution in [3.05, 3.63) is 87.6 Å². The van der Waals surface area contributed by atoms with Crippen molar-refractivity contribution < 1.29 is 9.59 Å². The molecule has 2 aromatic carbocycles. The van der Waals surface area contributed by atoms with E-state index in [0.29, 0.717) is 30.8 Å². The zero-order valence-electron chi connectivity index (χ0n) is 20.1. The number of carbonyl (C=O) groups is 2. The summed E-state index contributed by atoms with van der Waals surface area (Å²) in [6, 6.07) is 17.0.